The van der Waals surface area contributed by atoms with Crippen LogP contribution in [0.1, 0.15) is 55.4 Å². The van der Waals surface area contributed by atoms with Gasteiger partial charge < -0.3 is 10.2 Å². The summed E-state index contributed by atoms with van der Waals surface area (Å²) in [6.45, 7) is 8.27. The van der Waals surface area contributed by atoms with Crippen LogP contribution in [-0.2, 0) is 32.6 Å². The highest BCUT2D eigenvalue weighted by Gasteiger charge is 2.31. The molecule has 0 saturated heterocycles. The molecular weight excluding hydrogens is 534 g/mol. The zero-order valence-electron chi connectivity index (χ0n) is 24.8. The fraction of sp³-hybridized carbons (Fsp3) is 0.394. The lowest BCUT2D eigenvalue weighted by molar-refractivity contribution is -0.141. The number of hydrogen-bond acceptors (Lipinski definition) is 4. The Morgan fingerprint density at radius 2 is 1.49 bits per heavy atom. The van der Waals surface area contributed by atoms with Crippen molar-refractivity contribution in [2.45, 2.75) is 72.0 Å². The Hall–Kier alpha value is -3.65. The van der Waals surface area contributed by atoms with E-state index in [1.54, 1.807) is 17.0 Å². The van der Waals surface area contributed by atoms with Crippen molar-refractivity contribution in [1.82, 2.24) is 10.2 Å². The molecule has 3 aromatic carbocycles. The SMILES string of the molecule is CC[C@H](C)NC(=O)[C@H](Cc1ccccc1)N(Cc1ccccc1C)C(=O)CCCN(c1ccccc1C)S(C)(=O)=O. The Labute approximate surface area is 245 Å². The average molecular weight is 578 g/mol. The maximum atomic E-state index is 14.0. The molecule has 8 heteroatoms. The summed E-state index contributed by atoms with van der Waals surface area (Å²) in [5, 5.41) is 3.09. The Bertz CT molecular complexity index is 1410. The summed E-state index contributed by atoms with van der Waals surface area (Å²) in [5.41, 5.74) is 4.41. The van der Waals surface area contributed by atoms with Crippen LogP contribution in [0.4, 0.5) is 5.69 Å². The van der Waals surface area contributed by atoms with E-state index in [9.17, 15) is 18.0 Å². The summed E-state index contributed by atoms with van der Waals surface area (Å²) in [6, 6.07) is 24.1. The third-order valence-electron chi connectivity index (χ3n) is 7.41. The van der Waals surface area contributed by atoms with Gasteiger partial charge in [0.2, 0.25) is 21.8 Å². The van der Waals surface area contributed by atoms with Crippen LogP contribution in [0.2, 0.25) is 0 Å². The average Bonchev–Trinajstić information content (AvgIpc) is 2.94. The molecule has 2 atom stereocenters. The molecule has 0 spiro atoms. The minimum Gasteiger partial charge on any atom is -0.352 e. The predicted molar refractivity (Wildman–Crippen MR) is 166 cm³/mol. The highest BCUT2D eigenvalue weighted by atomic mass is 32.2. The van der Waals surface area contributed by atoms with Crippen molar-refractivity contribution >= 4 is 27.5 Å². The highest BCUT2D eigenvalue weighted by Crippen LogP contribution is 2.23. The van der Waals surface area contributed by atoms with Gasteiger partial charge in [-0.3, -0.25) is 13.9 Å². The lowest BCUT2D eigenvalue weighted by Gasteiger charge is -2.33. The molecule has 0 saturated carbocycles. The second-order valence-electron chi connectivity index (χ2n) is 10.7. The highest BCUT2D eigenvalue weighted by molar-refractivity contribution is 7.92. The molecule has 3 aromatic rings. The molecule has 0 aliphatic heterocycles. The summed E-state index contributed by atoms with van der Waals surface area (Å²) in [4.78, 5) is 29.3. The maximum Gasteiger partial charge on any atom is 0.243 e. The molecule has 0 fully saturated rings. The van der Waals surface area contributed by atoms with Gasteiger partial charge >= 0.3 is 0 Å². The summed E-state index contributed by atoms with van der Waals surface area (Å²) < 4.78 is 26.7. The molecule has 0 radical (unpaired) electrons. The first-order valence-corrected chi connectivity index (χ1v) is 16.1. The molecular formula is C33H43N3O4S. The number of hydrogen-bond donors (Lipinski definition) is 1. The van der Waals surface area contributed by atoms with E-state index >= 15 is 0 Å². The Morgan fingerprint density at radius 1 is 0.878 bits per heavy atom. The number of nitrogens with one attached hydrogen (secondary N) is 1. The van der Waals surface area contributed by atoms with Crippen molar-refractivity contribution in [1.29, 1.82) is 0 Å². The van der Waals surface area contributed by atoms with Gasteiger partial charge in [-0.1, -0.05) is 79.7 Å². The van der Waals surface area contributed by atoms with Crippen molar-refractivity contribution in [3.8, 4) is 0 Å². The van der Waals surface area contributed by atoms with Crippen molar-refractivity contribution in [2.75, 3.05) is 17.1 Å². The Kier molecular flexibility index (Phi) is 11.5. The second-order valence-corrected chi connectivity index (χ2v) is 12.6. The summed E-state index contributed by atoms with van der Waals surface area (Å²) >= 11 is 0. The lowest BCUT2D eigenvalue weighted by Crippen LogP contribution is -2.52. The monoisotopic (exact) mass is 577 g/mol. The van der Waals surface area contributed by atoms with E-state index < -0.39 is 16.1 Å². The van der Waals surface area contributed by atoms with Gasteiger partial charge in [-0.25, -0.2) is 8.42 Å². The quantitative estimate of drug-likeness (QED) is 0.278. The van der Waals surface area contributed by atoms with Crippen LogP contribution < -0.4 is 9.62 Å². The number of carbonyl (C=O) groups excluding carboxylic acids is 2. The van der Waals surface area contributed by atoms with Gasteiger partial charge in [-0.05, 0) is 61.9 Å². The summed E-state index contributed by atoms with van der Waals surface area (Å²) in [7, 11) is -3.56. The van der Waals surface area contributed by atoms with Gasteiger partial charge in [-0.15, -0.1) is 0 Å². The number of anilines is 1. The van der Waals surface area contributed by atoms with Crippen molar-refractivity contribution < 1.29 is 18.0 Å². The van der Waals surface area contributed by atoms with E-state index in [1.165, 1.54) is 10.6 Å². The number of sulfonamides is 1. The largest absolute Gasteiger partial charge is 0.352 e. The minimum absolute atomic E-state index is 0.0337. The first-order valence-electron chi connectivity index (χ1n) is 14.2. The molecule has 2 amide bonds. The molecule has 7 nitrogen and oxygen atoms in total. The summed E-state index contributed by atoms with van der Waals surface area (Å²) in [6.07, 6.45) is 2.75. The topological polar surface area (TPSA) is 86.8 Å². The molecule has 0 aliphatic rings. The third-order valence-corrected chi connectivity index (χ3v) is 8.59. The van der Waals surface area contributed by atoms with E-state index in [1.807, 2.05) is 94.4 Å². The molecule has 41 heavy (non-hydrogen) atoms. The zero-order valence-corrected chi connectivity index (χ0v) is 25.7. The fourth-order valence-corrected chi connectivity index (χ4v) is 5.81. The van der Waals surface area contributed by atoms with E-state index in [0.717, 1.165) is 28.7 Å². The van der Waals surface area contributed by atoms with Crippen LogP contribution in [0, 0.1) is 13.8 Å². The third kappa shape index (κ3) is 9.18. The smallest absolute Gasteiger partial charge is 0.243 e. The molecule has 0 unspecified atom stereocenters. The number of benzene rings is 3. The molecule has 0 aromatic heterocycles. The molecule has 220 valence electrons. The normalized spacial score (nSPS) is 12.8. The van der Waals surface area contributed by atoms with Gasteiger partial charge in [0, 0.05) is 32.0 Å². The van der Waals surface area contributed by atoms with E-state index in [4.69, 9.17) is 0 Å². The first-order chi connectivity index (χ1) is 19.5. The van der Waals surface area contributed by atoms with Crippen LogP contribution in [0.5, 0.6) is 0 Å². The van der Waals surface area contributed by atoms with Crippen molar-refractivity contribution in [2.24, 2.45) is 0 Å². The van der Waals surface area contributed by atoms with Gasteiger partial charge in [0.1, 0.15) is 6.04 Å². The van der Waals surface area contributed by atoms with Crippen molar-refractivity contribution in [3.05, 3.63) is 101 Å². The van der Waals surface area contributed by atoms with Crippen LogP contribution in [0.25, 0.3) is 0 Å². The van der Waals surface area contributed by atoms with Crippen LogP contribution in [0.3, 0.4) is 0 Å². The van der Waals surface area contributed by atoms with Gasteiger partial charge in [0.05, 0.1) is 11.9 Å². The van der Waals surface area contributed by atoms with Crippen LogP contribution in [0.15, 0.2) is 78.9 Å². The van der Waals surface area contributed by atoms with Crippen LogP contribution in [-0.4, -0.2) is 50.0 Å². The molecule has 1 N–H and O–H groups in total. The van der Waals surface area contributed by atoms with Gasteiger partial charge in [0.15, 0.2) is 0 Å². The van der Waals surface area contributed by atoms with Gasteiger partial charge in [0.25, 0.3) is 0 Å². The molecule has 3 rings (SSSR count). The maximum absolute atomic E-state index is 14.0. The number of nitrogens with zero attached hydrogens (tertiary/aromatic N) is 2. The lowest BCUT2D eigenvalue weighted by atomic mass is 10.0. The van der Waals surface area contributed by atoms with Crippen LogP contribution >= 0.6 is 0 Å². The Morgan fingerprint density at radius 3 is 2.10 bits per heavy atom. The molecule has 0 heterocycles. The Balaban J connectivity index is 1.91. The number of rotatable bonds is 14. The zero-order chi connectivity index (χ0) is 30.0. The van der Waals surface area contributed by atoms with Gasteiger partial charge in [-0.2, -0.15) is 0 Å². The predicted octanol–water partition coefficient (Wildman–Crippen LogP) is 5.40. The molecule has 0 bridgehead atoms. The summed E-state index contributed by atoms with van der Waals surface area (Å²) in [5.74, 6) is -0.380. The second kappa shape index (κ2) is 14.8. The van der Waals surface area contributed by atoms with Crippen molar-refractivity contribution in [3.63, 3.8) is 0 Å². The number of carbonyl (C=O) groups is 2. The van der Waals surface area contributed by atoms with E-state index in [0.29, 0.717) is 18.5 Å². The standard InChI is InChI=1S/C33H43N3O4S/c1-6-27(4)34-33(38)31(23-28-17-8-7-9-18-28)35(24-29-19-12-10-15-25(29)2)32(37)21-14-22-36(41(5,39)40)30-20-13-11-16-26(30)3/h7-13,15-20,27,31H,6,14,21-24H2,1-5H3,(H,34,38)/t27-,31-/m0/s1. The first kappa shape index (κ1) is 31.9. The number of amides is 2. The number of para-hydroxylation sites is 1. The molecule has 0 aliphatic carbocycles. The fourth-order valence-electron chi connectivity index (χ4n) is 4.79. The number of aryl methyl sites for hydroxylation is 2. The minimum atomic E-state index is -3.56. The van der Waals surface area contributed by atoms with E-state index in [2.05, 4.69) is 5.32 Å². The van der Waals surface area contributed by atoms with E-state index in [-0.39, 0.29) is 37.4 Å².